The molecular weight excluding hydrogens is 555 g/mol. The highest BCUT2D eigenvalue weighted by Crippen LogP contribution is 2.33. The Labute approximate surface area is 250 Å². The Morgan fingerprint density at radius 1 is 1.02 bits per heavy atom. The Morgan fingerprint density at radius 3 is 2.42 bits per heavy atom. The molecule has 0 spiro atoms. The van der Waals surface area contributed by atoms with Gasteiger partial charge >= 0.3 is 6.18 Å². The minimum Gasteiger partial charge on any atom is -0.497 e. The molecule has 0 radical (unpaired) electrons. The number of alkyl halides is 3. The number of methoxy groups -OCH3 is 2. The van der Waals surface area contributed by atoms with Gasteiger partial charge in [0.15, 0.2) is 0 Å². The number of aromatic nitrogens is 1. The number of rotatable bonds is 10. The van der Waals surface area contributed by atoms with Gasteiger partial charge in [0, 0.05) is 61.0 Å². The summed E-state index contributed by atoms with van der Waals surface area (Å²) in [6, 6.07) is 18.4. The highest BCUT2D eigenvalue weighted by Gasteiger charge is 2.31. The van der Waals surface area contributed by atoms with E-state index in [1.807, 2.05) is 41.3 Å². The van der Waals surface area contributed by atoms with Crippen molar-refractivity contribution in [3.8, 4) is 22.6 Å². The van der Waals surface area contributed by atoms with Crippen molar-refractivity contribution >= 4 is 16.8 Å². The molecular formula is C34H36F3N3O3. The second-order valence-electron chi connectivity index (χ2n) is 11.3. The first-order valence-corrected chi connectivity index (χ1v) is 14.4. The summed E-state index contributed by atoms with van der Waals surface area (Å²) < 4.78 is 50.2. The standard InChI is InChI=1S/C34H36F3N3O3/c1-22(2)40-19-23(20-40)14-15-39(21-26-10-13-29(42-3)17-31(26)43-4)33(41)27-16-25-6-5-7-30(32(25)38-18-27)24-8-11-28(12-9-24)34(35,36)37/h5-13,16-18,22-23H,14-15,19-21H2,1-4H3. The molecule has 0 atom stereocenters. The predicted molar refractivity (Wildman–Crippen MR) is 161 cm³/mol. The molecule has 1 aliphatic heterocycles. The Morgan fingerprint density at radius 2 is 1.77 bits per heavy atom. The summed E-state index contributed by atoms with van der Waals surface area (Å²) in [7, 11) is 3.19. The van der Waals surface area contributed by atoms with Gasteiger partial charge in [-0.15, -0.1) is 0 Å². The fourth-order valence-corrected chi connectivity index (χ4v) is 5.53. The van der Waals surface area contributed by atoms with E-state index in [1.54, 1.807) is 26.5 Å². The van der Waals surface area contributed by atoms with E-state index in [1.165, 1.54) is 12.1 Å². The van der Waals surface area contributed by atoms with Gasteiger partial charge in [0.1, 0.15) is 11.5 Å². The largest absolute Gasteiger partial charge is 0.497 e. The van der Waals surface area contributed by atoms with Crippen LogP contribution in [0.15, 0.2) is 72.9 Å². The maximum atomic E-state index is 14.0. The van der Waals surface area contributed by atoms with Gasteiger partial charge in [0.2, 0.25) is 0 Å². The van der Waals surface area contributed by atoms with E-state index in [0.29, 0.717) is 58.8 Å². The van der Waals surface area contributed by atoms with Crippen molar-refractivity contribution in [1.29, 1.82) is 0 Å². The van der Waals surface area contributed by atoms with Crippen LogP contribution >= 0.6 is 0 Å². The highest BCUT2D eigenvalue weighted by molar-refractivity contribution is 6.00. The van der Waals surface area contributed by atoms with Crippen LogP contribution < -0.4 is 9.47 Å². The molecule has 1 fully saturated rings. The molecule has 1 amide bonds. The zero-order chi connectivity index (χ0) is 30.7. The van der Waals surface area contributed by atoms with Crippen LogP contribution in [-0.4, -0.2) is 60.6 Å². The molecule has 1 aromatic heterocycles. The normalized spacial score (nSPS) is 14.1. The summed E-state index contributed by atoms with van der Waals surface area (Å²) in [5.41, 5.74) is 2.55. The monoisotopic (exact) mass is 591 g/mol. The van der Waals surface area contributed by atoms with E-state index >= 15 is 0 Å². The van der Waals surface area contributed by atoms with E-state index in [4.69, 9.17) is 9.47 Å². The molecule has 0 aliphatic carbocycles. The predicted octanol–water partition coefficient (Wildman–Crippen LogP) is 7.31. The molecule has 0 saturated carbocycles. The molecule has 5 rings (SSSR count). The number of ether oxygens (including phenoxy) is 2. The molecule has 1 aliphatic rings. The third kappa shape index (κ3) is 6.77. The average Bonchev–Trinajstić information content (AvgIpc) is 2.98. The number of fused-ring (bicyclic) bond motifs is 1. The molecule has 9 heteroatoms. The fourth-order valence-electron chi connectivity index (χ4n) is 5.53. The Balaban J connectivity index is 1.42. The molecule has 0 bridgehead atoms. The number of amides is 1. The lowest BCUT2D eigenvalue weighted by atomic mass is 9.94. The van der Waals surface area contributed by atoms with Gasteiger partial charge in [-0.3, -0.25) is 9.78 Å². The van der Waals surface area contributed by atoms with Gasteiger partial charge in [0.05, 0.1) is 30.9 Å². The lowest BCUT2D eigenvalue weighted by Gasteiger charge is -2.42. The fraction of sp³-hybridized carbons (Fsp3) is 0.353. The van der Waals surface area contributed by atoms with Gasteiger partial charge in [0.25, 0.3) is 5.91 Å². The van der Waals surface area contributed by atoms with Crippen LogP contribution in [-0.2, 0) is 12.7 Å². The van der Waals surface area contributed by atoms with E-state index < -0.39 is 11.7 Å². The van der Waals surface area contributed by atoms with Crippen molar-refractivity contribution in [2.45, 2.75) is 39.0 Å². The van der Waals surface area contributed by atoms with Gasteiger partial charge < -0.3 is 19.3 Å². The second kappa shape index (κ2) is 12.6. The number of likely N-dealkylation sites (tertiary alicyclic amines) is 1. The molecule has 2 heterocycles. The third-order valence-corrected chi connectivity index (χ3v) is 8.15. The zero-order valence-corrected chi connectivity index (χ0v) is 24.8. The summed E-state index contributed by atoms with van der Waals surface area (Å²) >= 11 is 0. The summed E-state index contributed by atoms with van der Waals surface area (Å²) in [5.74, 6) is 1.69. The summed E-state index contributed by atoms with van der Waals surface area (Å²) in [4.78, 5) is 22.9. The van der Waals surface area contributed by atoms with Crippen molar-refractivity contribution < 1.29 is 27.4 Å². The van der Waals surface area contributed by atoms with Crippen LogP contribution in [0.4, 0.5) is 13.2 Å². The van der Waals surface area contributed by atoms with Gasteiger partial charge in [-0.25, -0.2) is 0 Å². The first kappa shape index (κ1) is 30.4. The number of benzene rings is 3. The molecule has 0 unspecified atom stereocenters. The number of carbonyl (C=O) groups is 1. The van der Waals surface area contributed by atoms with Crippen LogP contribution in [0.3, 0.4) is 0 Å². The molecule has 226 valence electrons. The van der Waals surface area contributed by atoms with Crippen molar-refractivity contribution in [1.82, 2.24) is 14.8 Å². The van der Waals surface area contributed by atoms with E-state index in [2.05, 4.69) is 23.7 Å². The minimum atomic E-state index is -4.40. The minimum absolute atomic E-state index is 0.146. The highest BCUT2D eigenvalue weighted by atomic mass is 19.4. The average molecular weight is 592 g/mol. The number of hydrogen-bond acceptors (Lipinski definition) is 5. The van der Waals surface area contributed by atoms with Crippen molar-refractivity contribution in [2.24, 2.45) is 5.92 Å². The quantitative estimate of drug-likeness (QED) is 0.194. The molecule has 43 heavy (non-hydrogen) atoms. The van der Waals surface area contributed by atoms with Crippen LogP contribution in [0, 0.1) is 5.92 Å². The Hall–Kier alpha value is -4.11. The molecule has 0 N–H and O–H groups in total. The van der Waals surface area contributed by atoms with Crippen molar-refractivity contribution in [2.75, 3.05) is 33.9 Å². The molecule has 6 nitrogen and oxygen atoms in total. The van der Waals surface area contributed by atoms with Crippen LogP contribution in [0.2, 0.25) is 0 Å². The Kier molecular flexibility index (Phi) is 8.92. The first-order chi connectivity index (χ1) is 20.6. The number of pyridine rings is 1. The van der Waals surface area contributed by atoms with Crippen molar-refractivity contribution in [3.63, 3.8) is 0 Å². The van der Waals surface area contributed by atoms with Crippen LogP contribution in [0.1, 0.15) is 41.8 Å². The van der Waals surface area contributed by atoms with Gasteiger partial charge in [-0.05, 0) is 62.1 Å². The van der Waals surface area contributed by atoms with Crippen molar-refractivity contribution in [3.05, 3.63) is 89.6 Å². The first-order valence-electron chi connectivity index (χ1n) is 14.4. The number of hydrogen-bond donors (Lipinski definition) is 0. The van der Waals surface area contributed by atoms with Gasteiger partial charge in [-0.1, -0.05) is 30.3 Å². The van der Waals surface area contributed by atoms with Crippen LogP contribution in [0.5, 0.6) is 11.5 Å². The second-order valence-corrected chi connectivity index (χ2v) is 11.3. The number of halogens is 3. The maximum absolute atomic E-state index is 14.0. The van der Waals surface area contributed by atoms with Crippen LogP contribution in [0.25, 0.3) is 22.0 Å². The lowest BCUT2D eigenvalue weighted by molar-refractivity contribution is -0.137. The molecule has 1 saturated heterocycles. The SMILES string of the molecule is COc1ccc(CN(CCC2CN(C(C)C)C2)C(=O)c2cnc3c(-c4ccc(C(F)(F)F)cc4)cccc3c2)c(OC)c1. The number of carbonyl (C=O) groups excluding carboxylic acids is 1. The summed E-state index contributed by atoms with van der Waals surface area (Å²) in [6.07, 6.45) is -1.97. The van der Waals surface area contributed by atoms with E-state index in [0.717, 1.165) is 42.6 Å². The van der Waals surface area contributed by atoms with Gasteiger partial charge in [-0.2, -0.15) is 13.2 Å². The zero-order valence-electron chi connectivity index (χ0n) is 24.8. The molecule has 3 aromatic carbocycles. The third-order valence-electron chi connectivity index (χ3n) is 8.15. The van der Waals surface area contributed by atoms with E-state index in [9.17, 15) is 18.0 Å². The topological polar surface area (TPSA) is 54.9 Å². The summed E-state index contributed by atoms with van der Waals surface area (Å²) in [6.45, 7) is 7.37. The summed E-state index contributed by atoms with van der Waals surface area (Å²) in [5, 5.41) is 0.733. The number of nitrogens with zero attached hydrogens (tertiary/aromatic N) is 3. The maximum Gasteiger partial charge on any atom is 0.416 e. The lowest BCUT2D eigenvalue weighted by Crippen LogP contribution is -2.51. The smallest absolute Gasteiger partial charge is 0.416 e. The molecule has 4 aromatic rings. The van der Waals surface area contributed by atoms with E-state index in [-0.39, 0.29) is 5.91 Å². The number of para-hydroxylation sites is 1. The Bertz CT molecular complexity index is 1580.